The first-order valence-corrected chi connectivity index (χ1v) is 10.3. The Morgan fingerprint density at radius 1 is 0.971 bits per heavy atom. The number of halogens is 3. The van der Waals surface area contributed by atoms with E-state index in [4.69, 9.17) is 15.2 Å². The van der Waals surface area contributed by atoms with Crippen LogP contribution in [0.15, 0.2) is 72.8 Å². The van der Waals surface area contributed by atoms with Crippen LogP contribution in [0.5, 0.6) is 11.5 Å². The van der Waals surface area contributed by atoms with E-state index in [1.54, 1.807) is 42.5 Å². The number of methoxy groups -OCH3 is 1. The topological polar surface area (TPSA) is 103 Å². The number of anilines is 3. The number of nitrogens with two attached hydrogens (primary N) is 1. The number of rotatable bonds is 8. The lowest BCUT2D eigenvalue weighted by Crippen LogP contribution is -2.20. The average molecular weight is 485 g/mol. The SMILES string of the molecule is COc1ccc(/C=C/C(=O)Nc2ccccc2N)cc1OCC(=O)Nc1cccc(C(F)(F)F)c1. The van der Waals surface area contributed by atoms with Gasteiger partial charge in [0.15, 0.2) is 18.1 Å². The lowest BCUT2D eigenvalue weighted by molar-refractivity contribution is -0.137. The fraction of sp³-hybridized carbons (Fsp3) is 0.120. The molecule has 0 saturated carbocycles. The van der Waals surface area contributed by atoms with E-state index >= 15 is 0 Å². The third-order valence-corrected chi connectivity index (χ3v) is 4.67. The van der Waals surface area contributed by atoms with E-state index in [9.17, 15) is 22.8 Å². The van der Waals surface area contributed by atoms with Gasteiger partial charge in [0.05, 0.1) is 24.0 Å². The van der Waals surface area contributed by atoms with Gasteiger partial charge in [-0.1, -0.05) is 24.3 Å². The molecule has 3 aromatic rings. The van der Waals surface area contributed by atoms with Crippen molar-refractivity contribution in [3.63, 3.8) is 0 Å². The van der Waals surface area contributed by atoms with E-state index < -0.39 is 30.2 Å². The normalized spacial score (nSPS) is 11.2. The van der Waals surface area contributed by atoms with Crippen LogP contribution in [0.25, 0.3) is 6.08 Å². The Labute approximate surface area is 199 Å². The first-order chi connectivity index (χ1) is 16.7. The van der Waals surface area contributed by atoms with E-state index in [-0.39, 0.29) is 11.4 Å². The van der Waals surface area contributed by atoms with Crippen molar-refractivity contribution in [1.29, 1.82) is 0 Å². The first kappa shape index (κ1) is 25.2. The molecule has 3 aromatic carbocycles. The highest BCUT2D eigenvalue weighted by Gasteiger charge is 2.30. The van der Waals surface area contributed by atoms with Crippen molar-refractivity contribution in [2.45, 2.75) is 6.18 Å². The summed E-state index contributed by atoms with van der Waals surface area (Å²) in [6.45, 7) is -0.479. The fourth-order valence-electron chi connectivity index (χ4n) is 2.98. The highest BCUT2D eigenvalue weighted by molar-refractivity contribution is 6.03. The first-order valence-electron chi connectivity index (χ1n) is 10.3. The van der Waals surface area contributed by atoms with Gasteiger partial charge in [-0.3, -0.25) is 9.59 Å². The smallest absolute Gasteiger partial charge is 0.416 e. The largest absolute Gasteiger partial charge is 0.493 e. The van der Waals surface area contributed by atoms with Crippen LogP contribution in [0, 0.1) is 0 Å². The summed E-state index contributed by atoms with van der Waals surface area (Å²) < 4.78 is 49.3. The third-order valence-electron chi connectivity index (χ3n) is 4.67. The Kier molecular flexibility index (Phi) is 7.98. The molecular formula is C25H22F3N3O4. The van der Waals surface area contributed by atoms with Gasteiger partial charge in [0.2, 0.25) is 5.91 Å². The van der Waals surface area contributed by atoms with Gasteiger partial charge in [-0.05, 0) is 54.1 Å². The second kappa shape index (κ2) is 11.1. The van der Waals surface area contributed by atoms with E-state index in [1.165, 1.54) is 31.4 Å². The molecule has 2 amide bonds. The zero-order valence-corrected chi connectivity index (χ0v) is 18.6. The van der Waals surface area contributed by atoms with Crippen molar-refractivity contribution >= 4 is 35.0 Å². The van der Waals surface area contributed by atoms with Gasteiger partial charge < -0.3 is 25.8 Å². The Morgan fingerprint density at radius 3 is 2.46 bits per heavy atom. The minimum absolute atomic E-state index is 0.0119. The summed E-state index contributed by atoms with van der Waals surface area (Å²) in [5, 5.41) is 5.03. The Bertz CT molecular complexity index is 1240. The van der Waals surface area contributed by atoms with Gasteiger partial charge in [-0.2, -0.15) is 13.2 Å². The second-order valence-electron chi connectivity index (χ2n) is 7.24. The number of hydrogen-bond acceptors (Lipinski definition) is 5. The molecule has 0 radical (unpaired) electrons. The van der Waals surface area contributed by atoms with Gasteiger partial charge >= 0.3 is 6.18 Å². The maximum absolute atomic E-state index is 12.8. The van der Waals surface area contributed by atoms with Gasteiger partial charge in [0.25, 0.3) is 5.91 Å². The summed E-state index contributed by atoms with van der Waals surface area (Å²) in [5.41, 5.74) is 6.41. The van der Waals surface area contributed by atoms with Crippen LogP contribution in [-0.2, 0) is 15.8 Å². The van der Waals surface area contributed by atoms with E-state index in [1.807, 2.05) is 0 Å². The number of nitrogens with one attached hydrogen (secondary N) is 2. The average Bonchev–Trinajstić information content (AvgIpc) is 2.82. The van der Waals surface area contributed by atoms with Crippen LogP contribution >= 0.6 is 0 Å². The molecule has 3 rings (SSSR count). The van der Waals surface area contributed by atoms with Crippen LogP contribution in [0.1, 0.15) is 11.1 Å². The molecule has 4 N–H and O–H groups in total. The summed E-state index contributed by atoms with van der Waals surface area (Å²) in [4.78, 5) is 24.4. The summed E-state index contributed by atoms with van der Waals surface area (Å²) in [6, 6.07) is 15.9. The molecule has 0 atom stereocenters. The molecular weight excluding hydrogens is 463 g/mol. The second-order valence-corrected chi connectivity index (χ2v) is 7.24. The van der Waals surface area contributed by atoms with Gasteiger partial charge in [-0.25, -0.2) is 0 Å². The third kappa shape index (κ3) is 7.26. The van der Waals surface area contributed by atoms with E-state index in [0.29, 0.717) is 22.7 Å². The molecule has 0 bridgehead atoms. The molecule has 0 aliphatic carbocycles. The maximum Gasteiger partial charge on any atom is 0.416 e. The number of amides is 2. The number of alkyl halides is 3. The molecule has 0 heterocycles. The van der Waals surface area contributed by atoms with Crippen LogP contribution in [0.3, 0.4) is 0 Å². The summed E-state index contributed by atoms with van der Waals surface area (Å²) in [6.07, 6.45) is -1.69. The quantitative estimate of drug-likeness (QED) is 0.309. The Morgan fingerprint density at radius 2 is 1.74 bits per heavy atom. The number of para-hydroxylation sites is 2. The highest BCUT2D eigenvalue weighted by Crippen LogP contribution is 2.31. The standard InChI is InChI=1S/C25H22F3N3O4/c1-34-21-11-9-16(10-12-23(32)31-20-8-3-2-7-19(20)29)13-22(21)35-15-24(33)30-18-6-4-5-17(14-18)25(26,27)28/h2-14H,15,29H2,1H3,(H,30,33)(H,31,32)/b12-10+. The predicted molar refractivity (Wildman–Crippen MR) is 127 cm³/mol. The van der Waals surface area contributed by atoms with Crippen molar-refractivity contribution in [3.8, 4) is 11.5 Å². The molecule has 7 nitrogen and oxygen atoms in total. The van der Waals surface area contributed by atoms with E-state index in [2.05, 4.69) is 10.6 Å². The van der Waals surface area contributed by atoms with Crippen molar-refractivity contribution in [2.75, 3.05) is 30.1 Å². The fourth-order valence-corrected chi connectivity index (χ4v) is 2.98. The number of carbonyl (C=O) groups is 2. The van der Waals surface area contributed by atoms with Gasteiger partial charge in [0, 0.05) is 11.8 Å². The Balaban J connectivity index is 1.63. The predicted octanol–water partition coefficient (Wildman–Crippen LogP) is 4.97. The van der Waals surface area contributed by atoms with Crippen LogP contribution < -0.4 is 25.8 Å². The molecule has 0 aromatic heterocycles. The maximum atomic E-state index is 12.8. The van der Waals surface area contributed by atoms with Gasteiger partial charge in [0.1, 0.15) is 0 Å². The molecule has 0 unspecified atom stereocenters. The molecule has 182 valence electrons. The number of nitrogen functional groups attached to an aromatic ring is 1. The van der Waals surface area contributed by atoms with Crippen molar-refractivity contribution in [3.05, 3.63) is 83.9 Å². The van der Waals surface area contributed by atoms with Crippen molar-refractivity contribution < 1.29 is 32.2 Å². The number of benzene rings is 3. The zero-order chi connectivity index (χ0) is 25.4. The van der Waals surface area contributed by atoms with Crippen LogP contribution in [0.2, 0.25) is 0 Å². The molecule has 0 aliphatic heterocycles. The molecule has 35 heavy (non-hydrogen) atoms. The van der Waals surface area contributed by atoms with E-state index in [0.717, 1.165) is 12.1 Å². The van der Waals surface area contributed by atoms with Gasteiger partial charge in [-0.15, -0.1) is 0 Å². The minimum atomic E-state index is -4.52. The number of ether oxygens (including phenoxy) is 2. The number of hydrogen-bond donors (Lipinski definition) is 3. The molecule has 10 heteroatoms. The molecule has 0 fully saturated rings. The lowest BCUT2D eigenvalue weighted by Gasteiger charge is -2.12. The zero-order valence-electron chi connectivity index (χ0n) is 18.6. The Hall–Kier alpha value is -4.47. The molecule has 0 aliphatic rings. The lowest BCUT2D eigenvalue weighted by atomic mass is 10.2. The van der Waals surface area contributed by atoms with Crippen molar-refractivity contribution in [2.24, 2.45) is 0 Å². The molecule has 0 spiro atoms. The number of carbonyl (C=O) groups excluding carboxylic acids is 2. The van der Waals surface area contributed by atoms with Crippen LogP contribution in [0.4, 0.5) is 30.2 Å². The monoisotopic (exact) mass is 485 g/mol. The molecule has 0 saturated heterocycles. The van der Waals surface area contributed by atoms with Crippen molar-refractivity contribution in [1.82, 2.24) is 0 Å². The summed E-state index contributed by atoms with van der Waals surface area (Å²) >= 11 is 0. The van der Waals surface area contributed by atoms with Crippen LogP contribution in [-0.4, -0.2) is 25.5 Å². The minimum Gasteiger partial charge on any atom is -0.493 e. The summed E-state index contributed by atoms with van der Waals surface area (Å²) in [7, 11) is 1.41. The highest BCUT2D eigenvalue weighted by atomic mass is 19.4. The summed E-state index contributed by atoms with van der Waals surface area (Å²) in [5.74, 6) is -0.522.